The normalized spacial score (nSPS) is 15.3. The van der Waals surface area contributed by atoms with Crippen molar-refractivity contribution in [2.45, 2.75) is 6.18 Å². The van der Waals surface area contributed by atoms with Crippen LogP contribution in [0.15, 0.2) is 35.3 Å². The number of halogens is 3. The minimum absolute atomic E-state index is 0.140. The summed E-state index contributed by atoms with van der Waals surface area (Å²) in [7, 11) is 0. The van der Waals surface area contributed by atoms with Crippen LogP contribution in [0, 0.1) is 0 Å². The Labute approximate surface area is 140 Å². The summed E-state index contributed by atoms with van der Waals surface area (Å²) in [6, 6.07) is 4.89. The summed E-state index contributed by atoms with van der Waals surface area (Å²) in [6.45, 7) is 1.63. The Hall–Kier alpha value is -2.91. The lowest BCUT2D eigenvalue weighted by atomic mass is 10.2. The Balaban J connectivity index is 1.62. The fourth-order valence-electron chi connectivity index (χ4n) is 2.51. The number of rotatable bonds is 2. The van der Waals surface area contributed by atoms with Gasteiger partial charge in [0.2, 0.25) is 0 Å². The van der Waals surface area contributed by atoms with Crippen molar-refractivity contribution in [3.8, 4) is 0 Å². The second-order valence-corrected chi connectivity index (χ2v) is 5.49. The number of anilines is 1. The molecule has 0 atom stereocenters. The van der Waals surface area contributed by atoms with Crippen LogP contribution in [0.1, 0.15) is 16.1 Å². The Bertz CT molecular complexity index is 791. The molecule has 0 aliphatic carbocycles. The predicted molar refractivity (Wildman–Crippen MR) is 82.2 cm³/mol. The van der Waals surface area contributed by atoms with Crippen LogP contribution in [0.2, 0.25) is 0 Å². The first-order chi connectivity index (χ1) is 11.8. The third kappa shape index (κ3) is 3.78. The second kappa shape index (κ2) is 6.54. The lowest BCUT2D eigenvalue weighted by molar-refractivity contribution is -0.137. The molecule has 2 aromatic rings. The SMILES string of the molecule is O=C(c1ccc(=O)[nH]n1)N1CCN(c2ccc(C(F)(F)F)cn2)CC1. The van der Waals surface area contributed by atoms with E-state index in [4.69, 9.17) is 0 Å². The third-order valence-electron chi connectivity index (χ3n) is 3.86. The Morgan fingerprint density at radius 3 is 2.32 bits per heavy atom. The summed E-state index contributed by atoms with van der Waals surface area (Å²) in [5.41, 5.74) is -1.05. The second-order valence-electron chi connectivity index (χ2n) is 5.49. The zero-order valence-corrected chi connectivity index (χ0v) is 13.0. The van der Waals surface area contributed by atoms with E-state index in [9.17, 15) is 22.8 Å². The lowest BCUT2D eigenvalue weighted by Gasteiger charge is -2.35. The van der Waals surface area contributed by atoms with Gasteiger partial charge in [0.15, 0.2) is 0 Å². The van der Waals surface area contributed by atoms with Crippen molar-refractivity contribution < 1.29 is 18.0 Å². The molecule has 2 aromatic heterocycles. The molecule has 3 rings (SSSR count). The number of aromatic amines is 1. The summed E-state index contributed by atoms with van der Waals surface area (Å²) in [6.07, 6.45) is -3.61. The first-order valence-corrected chi connectivity index (χ1v) is 7.48. The minimum Gasteiger partial charge on any atom is -0.353 e. The average Bonchev–Trinajstić information content (AvgIpc) is 2.61. The molecule has 1 N–H and O–H groups in total. The molecule has 25 heavy (non-hydrogen) atoms. The van der Waals surface area contributed by atoms with Gasteiger partial charge in [-0.1, -0.05) is 0 Å². The summed E-state index contributed by atoms with van der Waals surface area (Å²) in [4.78, 5) is 30.5. The van der Waals surface area contributed by atoms with Gasteiger partial charge in [-0.3, -0.25) is 9.59 Å². The van der Waals surface area contributed by atoms with Crippen LogP contribution in [0.3, 0.4) is 0 Å². The topological polar surface area (TPSA) is 82.2 Å². The zero-order chi connectivity index (χ0) is 18.0. The molecular weight excluding hydrogens is 339 g/mol. The van der Waals surface area contributed by atoms with Crippen LogP contribution in [-0.2, 0) is 6.18 Å². The Kier molecular flexibility index (Phi) is 4.43. The summed E-state index contributed by atoms with van der Waals surface area (Å²) < 4.78 is 37.7. The monoisotopic (exact) mass is 353 g/mol. The number of H-pyrrole nitrogens is 1. The number of carbonyl (C=O) groups excluding carboxylic acids is 1. The fourth-order valence-corrected chi connectivity index (χ4v) is 2.51. The van der Waals surface area contributed by atoms with E-state index in [1.54, 1.807) is 4.90 Å². The predicted octanol–water partition coefficient (Wildman–Crippen LogP) is 1.15. The summed E-state index contributed by atoms with van der Waals surface area (Å²) in [5.74, 6) is 0.124. The Morgan fingerprint density at radius 2 is 1.80 bits per heavy atom. The first kappa shape index (κ1) is 16.9. The quantitative estimate of drug-likeness (QED) is 0.876. The van der Waals surface area contributed by atoms with Crippen LogP contribution in [0.5, 0.6) is 0 Å². The van der Waals surface area contributed by atoms with Crippen molar-refractivity contribution >= 4 is 11.7 Å². The van der Waals surface area contributed by atoms with Crippen molar-refractivity contribution in [2.24, 2.45) is 0 Å². The maximum absolute atomic E-state index is 12.6. The van der Waals surface area contributed by atoms with Crippen LogP contribution in [0.25, 0.3) is 0 Å². The molecule has 3 heterocycles. The highest BCUT2D eigenvalue weighted by atomic mass is 19.4. The van der Waals surface area contributed by atoms with Crippen molar-refractivity contribution in [2.75, 3.05) is 31.1 Å². The number of hydrogen-bond acceptors (Lipinski definition) is 5. The number of amides is 1. The molecule has 1 amide bonds. The van der Waals surface area contributed by atoms with E-state index < -0.39 is 17.3 Å². The van der Waals surface area contributed by atoms with Crippen molar-refractivity contribution in [1.82, 2.24) is 20.1 Å². The van der Waals surface area contributed by atoms with Gasteiger partial charge in [0.1, 0.15) is 11.5 Å². The van der Waals surface area contributed by atoms with Crippen LogP contribution >= 0.6 is 0 Å². The van der Waals surface area contributed by atoms with Crippen LogP contribution < -0.4 is 10.5 Å². The van der Waals surface area contributed by atoms with Crippen LogP contribution in [-0.4, -0.2) is 52.2 Å². The number of nitrogens with zero attached hydrogens (tertiary/aromatic N) is 4. The molecule has 0 spiro atoms. The smallest absolute Gasteiger partial charge is 0.353 e. The maximum atomic E-state index is 12.6. The van der Waals surface area contributed by atoms with Gasteiger partial charge >= 0.3 is 6.18 Å². The molecule has 0 saturated carbocycles. The third-order valence-corrected chi connectivity index (χ3v) is 3.86. The van der Waals surface area contributed by atoms with Gasteiger partial charge in [0, 0.05) is 38.4 Å². The standard InChI is InChI=1S/C15H14F3N5O2/c16-15(17,18)10-1-3-12(19-9-10)22-5-7-23(8-6-22)14(25)11-2-4-13(24)21-20-11/h1-4,9H,5-8H2,(H,21,24). The van der Waals surface area contributed by atoms with E-state index in [0.717, 1.165) is 12.3 Å². The number of hydrogen-bond donors (Lipinski definition) is 1. The largest absolute Gasteiger partial charge is 0.417 e. The molecule has 0 unspecified atom stereocenters. The van der Waals surface area contributed by atoms with E-state index in [-0.39, 0.29) is 11.6 Å². The van der Waals surface area contributed by atoms with Crippen LogP contribution in [0.4, 0.5) is 19.0 Å². The van der Waals surface area contributed by atoms with Gasteiger partial charge in [-0.05, 0) is 18.2 Å². The highest BCUT2D eigenvalue weighted by molar-refractivity contribution is 5.92. The van der Waals surface area contributed by atoms with E-state index in [0.29, 0.717) is 32.0 Å². The number of piperazine rings is 1. The van der Waals surface area contributed by atoms with E-state index in [2.05, 4.69) is 15.2 Å². The maximum Gasteiger partial charge on any atom is 0.417 e. The molecule has 1 fully saturated rings. The molecule has 0 radical (unpaired) electrons. The highest BCUT2D eigenvalue weighted by Crippen LogP contribution is 2.29. The number of nitrogens with one attached hydrogen (secondary N) is 1. The molecule has 132 valence electrons. The molecule has 1 saturated heterocycles. The van der Waals surface area contributed by atoms with E-state index in [1.807, 2.05) is 4.90 Å². The number of aromatic nitrogens is 3. The number of pyridine rings is 1. The zero-order valence-electron chi connectivity index (χ0n) is 13.0. The van der Waals surface area contributed by atoms with Crippen molar-refractivity contribution in [1.29, 1.82) is 0 Å². The van der Waals surface area contributed by atoms with Gasteiger partial charge in [0.25, 0.3) is 11.5 Å². The fraction of sp³-hybridized carbons (Fsp3) is 0.333. The van der Waals surface area contributed by atoms with E-state index in [1.165, 1.54) is 18.2 Å². The highest BCUT2D eigenvalue weighted by Gasteiger charge is 2.31. The molecular formula is C15H14F3N5O2. The molecule has 7 nitrogen and oxygen atoms in total. The lowest BCUT2D eigenvalue weighted by Crippen LogP contribution is -2.49. The first-order valence-electron chi connectivity index (χ1n) is 7.48. The van der Waals surface area contributed by atoms with Crippen molar-refractivity contribution in [3.63, 3.8) is 0 Å². The van der Waals surface area contributed by atoms with Gasteiger partial charge < -0.3 is 9.80 Å². The molecule has 0 bridgehead atoms. The summed E-state index contributed by atoms with van der Waals surface area (Å²) >= 11 is 0. The Morgan fingerprint density at radius 1 is 1.08 bits per heavy atom. The molecule has 10 heteroatoms. The van der Waals surface area contributed by atoms with Gasteiger partial charge in [-0.2, -0.15) is 18.3 Å². The number of carbonyl (C=O) groups is 1. The van der Waals surface area contributed by atoms with Gasteiger partial charge in [0.05, 0.1) is 5.56 Å². The van der Waals surface area contributed by atoms with Crippen molar-refractivity contribution in [3.05, 3.63) is 52.1 Å². The molecule has 0 aromatic carbocycles. The summed E-state index contributed by atoms with van der Waals surface area (Å²) in [5, 5.41) is 5.91. The van der Waals surface area contributed by atoms with E-state index >= 15 is 0 Å². The van der Waals surface area contributed by atoms with Gasteiger partial charge in [-0.25, -0.2) is 10.1 Å². The average molecular weight is 353 g/mol. The number of alkyl halides is 3. The molecule has 1 aliphatic rings. The minimum atomic E-state index is -4.42. The van der Waals surface area contributed by atoms with Gasteiger partial charge in [-0.15, -0.1) is 0 Å². The molecule has 1 aliphatic heterocycles.